The summed E-state index contributed by atoms with van der Waals surface area (Å²) in [6.07, 6.45) is 0.794. The number of ether oxygens (including phenoxy) is 1. The number of carbonyl (C=O) groups is 2. The molecule has 0 saturated heterocycles. The van der Waals surface area contributed by atoms with E-state index in [1.54, 1.807) is 11.3 Å². The van der Waals surface area contributed by atoms with Crippen LogP contribution in [0.2, 0.25) is 0 Å². The fourth-order valence-corrected chi connectivity index (χ4v) is 4.24. The van der Waals surface area contributed by atoms with E-state index in [4.69, 9.17) is 14.6 Å². The van der Waals surface area contributed by atoms with Crippen molar-refractivity contribution < 1.29 is 32.6 Å². The number of carboxylic acids is 1. The third-order valence-corrected chi connectivity index (χ3v) is 6.13. The number of rotatable bonds is 7. The molecule has 0 spiro atoms. The number of fused-ring (bicyclic) bond motifs is 1. The zero-order valence-electron chi connectivity index (χ0n) is 17.7. The number of amides is 1. The third-order valence-electron chi connectivity index (χ3n) is 5.40. The van der Waals surface area contributed by atoms with Crippen molar-refractivity contribution in [2.45, 2.75) is 51.4 Å². The van der Waals surface area contributed by atoms with Crippen LogP contribution in [0.5, 0.6) is 0 Å². The van der Waals surface area contributed by atoms with Crippen LogP contribution in [0.1, 0.15) is 42.6 Å². The van der Waals surface area contributed by atoms with Crippen molar-refractivity contribution in [2.75, 3.05) is 19.8 Å². The summed E-state index contributed by atoms with van der Waals surface area (Å²) in [4.78, 5) is 23.9. The van der Waals surface area contributed by atoms with Gasteiger partial charge in [-0.3, -0.25) is 9.48 Å². The number of alkyl halides is 3. The molecule has 1 unspecified atom stereocenters. The summed E-state index contributed by atoms with van der Waals surface area (Å²) < 4.78 is 39.8. The lowest BCUT2D eigenvalue weighted by Gasteiger charge is -2.36. The van der Waals surface area contributed by atoms with E-state index in [0.29, 0.717) is 13.0 Å². The van der Waals surface area contributed by atoms with Gasteiger partial charge < -0.3 is 14.7 Å². The van der Waals surface area contributed by atoms with Gasteiger partial charge in [0.05, 0.1) is 31.0 Å². The van der Waals surface area contributed by atoms with Gasteiger partial charge in [0.2, 0.25) is 5.91 Å². The molecule has 176 valence electrons. The quantitative estimate of drug-likeness (QED) is 0.663. The van der Waals surface area contributed by atoms with Crippen molar-refractivity contribution >= 4 is 23.2 Å². The second kappa shape index (κ2) is 10.5. The van der Waals surface area contributed by atoms with E-state index < -0.39 is 12.1 Å². The first-order valence-electron chi connectivity index (χ1n) is 10.4. The number of carboxylic acid groups (broad SMARTS) is 1. The second-order valence-corrected chi connectivity index (χ2v) is 8.60. The molecule has 4 rings (SSSR count). The first kappa shape index (κ1) is 24.2. The molecule has 7 nitrogen and oxygen atoms in total. The number of aromatic nitrogens is 2. The summed E-state index contributed by atoms with van der Waals surface area (Å²) >= 11 is 1.64. The van der Waals surface area contributed by atoms with E-state index in [0.717, 1.165) is 37.6 Å². The molecule has 1 aliphatic carbocycles. The first-order valence-corrected chi connectivity index (χ1v) is 11.4. The standard InChI is InChI=1S/C19H25N3O2S.C2HF3O2/c1-2-22-19-16(10-20-22)5-7-21(17(19)12-24-11-14-3-4-14)18(23)9-15-6-8-25-13-15;3-2(4,5)1(6)7/h6,8,10,13-14,17H,2-5,7,9,11-12H2,1H3;(H,6,7). The Morgan fingerprint density at radius 1 is 1.31 bits per heavy atom. The maximum absolute atomic E-state index is 13.0. The van der Waals surface area contributed by atoms with Gasteiger partial charge in [-0.1, -0.05) is 0 Å². The van der Waals surface area contributed by atoms with E-state index in [1.165, 1.54) is 24.1 Å². The first-order chi connectivity index (χ1) is 15.2. The number of halogens is 3. The minimum Gasteiger partial charge on any atom is -0.475 e. The molecule has 1 saturated carbocycles. The average molecular weight is 474 g/mol. The minimum absolute atomic E-state index is 0.0175. The van der Waals surface area contributed by atoms with Gasteiger partial charge >= 0.3 is 12.1 Å². The number of hydrogen-bond donors (Lipinski definition) is 1. The normalized spacial score (nSPS) is 18.0. The molecule has 1 N–H and O–H groups in total. The van der Waals surface area contributed by atoms with Gasteiger partial charge in [0.15, 0.2) is 0 Å². The molecule has 3 heterocycles. The molecule has 2 aromatic rings. The van der Waals surface area contributed by atoms with Crippen molar-refractivity contribution in [1.29, 1.82) is 0 Å². The molecule has 2 aromatic heterocycles. The largest absolute Gasteiger partial charge is 0.490 e. The summed E-state index contributed by atoms with van der Waals surface area (Å²) in [6.45, 7) is 5.06. The predicted molar refractivity (Wildman–Crippen MR) is 111 cm³/mol. The van der Waals surface area contributed by atoms with Crippen LogP contribution >= 0.6 is 11.3 Å². The Morgan fingerprint density at radius 3 is 2.59 bits per heavy atom. The summed E-state index contributed by atoms with van der Waals surface area (Å²) in [7, 11) is 0. The number of hydrogen-bond acceptors (Lipinski definition) is 5. The molecular weight excluding hydrogens is 447 g/mol. The van der Waals surface area contributed by atoms with E-state index in [1.807, 2.05) is 27.2 Å². The van der Waals surface area contributed by atoms with Gasteiger partial charge in [-0.25, -0.2) is 4.79 Å². The zero-order valence-corrected chi connectivity index (χ0v) is 18.5. The van der Waals surface area contributed by atoms with Crippen molar-refractivity contribution in [3.63, 3.8) is 0 Å². The van der Waals surface area contributed by atoms with Gasteiger partial charge in [0, 0.05) is 19.7 Å². The van der Waals surface area contributed by atoms with Crippen LogP contribution in [0.15, 0.2) is 23.0 Å². The Hall–Kier alpha value is -2.40. The minimum atomic E-state index is -5.08. The lowest BCUT2D eigenvalue weighted by Crippen LogP contribution is -2.43. The molecule has 32 heavy (non-hydrogen) atoms. The maximum Gasteiger partial charge on any atom is 0.490 e. The van der Waals surface area contributed by atoms with Crippen molar-refractivity contribution in [2.24, 2.45) is 5.92 Å². The van der Waals surface area contributed by atoms with E-state index >= 15 is 0 Å². The molecule has 1 atom stereocenters. The van der Waals surface area contributed by atoms with Crippen LogP contribution in [0.3, 0.4) is 0 Å². The molecule has 0 aromatic carbocycles. The Kier molecular flexibility index (Phi) is 7.94. The monoisotopic (exact) mass is 473 g/mol. The number of aliphatic carboxylic acids is 1. The zero-order chi connectivity index (χ0) is 23.3. The van der Waals surface area contributed by atoms with Crippen LogP contribution in [0.25, 0.3) is 0 Å². The topological polar surface area (TPSA) is 84.7 Å². The summed E-state index contributed by atoms with van der Waals surface area (Å²) in [5.41, 5.74) is 3.53. The lowest BCUT2D eigenvalue weighted by atomic mass is 9.99. The van der Waals surface area contributed by atoms with Gasteiger partial charge in [-0.2, -0.15) is 29.6 Å². The fraction of sp³-hybridized carbons (Fsp3) is 0.571. The van der Waals surface area contributed by atoms with Crippen molar-refractivity contribution in [3.05, 3.63) is 39.8 Å². The number of carbonyl (C=O) groups excluding carboxylic acids is 1. The van der Waals surface area contributed by atoms with E-state index in [2.05, 4.69) is 17.4 Å². The summed E-state index contributed by atoms with van der Waals surface area (Å²) in [5.74, 6) is -1.84. The highest BCUT2D eigenvalue weighted by molar-refractivity contribution is 7.08. The highest BCUT2D eigenvalue weighted by Crippen LogP contribution is 2.33. The predicted octanol–water partition coefficient (Wildman–Crippen LogP) is 3.69. The average Bonchev–Trinajstić information content (AvgIpc) is 3.23. The number of aryl methyl sites for hydroxylation is 1. The van der Waals surface area contributed by atoms with Gasteiger partial charge in [0.1, 0.15) is 0 Å². The highest BCUT2D eigenvalue weighted by Gasteiger charge is 2.38. The Morgan fingerprint density at radius 2 is 2.03 bits per heavy atom. The molecule has 1 amide bonds. The van der Waals surface area contributed by atoms with Crippen molar-refractivity contribution in [1.82, 2.24) is 14.7 Å². The maximum atomic E-state index is 13.0. The Balaban J connectivity index is 0.000000360. The van der Waals surface area contributed by atoms with Crippen LogP contribution in [0.4, 0.5) is 13.2 Å². The van der Waals surface area contributed by atoms with Gasteiger partial charge in [0.25, 0.3) is 0 Å². The molecule has 1 aliphatic heterocycles. The molecule has 1 fully saturated rings. The van der Waals surface area contributed by atoms with Gasteiger partial charge in [-0.15, -0.1) is 0 Å². The Labute approximate surface area is 187 Å². The number of thiophene rings is 1. The second-order valence-electron chi connectivity index (χ2n) is 7.82. The van der Waals surface area contributed by atoms with Crippen LogP contribution in [-0.2, 0) is 33.7 Å². The van der Waals surface area contributed by atoms with Crippen LogP contribution < -0.4 is 0 Å². The number of nitrogens with zero attached hydrogens (tertiary/aromatic N) is 3. The molecule has 2 aliphatic rings. The smallest absolute Gasteiger partial charge is 0.475 e. The lowest BCUT2D eigenvalue weighted by molar-refractivity contribution is -0.192. The SMILES string of the molecule is CCn1ncc2c1C(COCC1CC1)N(C(=O)Cc1ccsc1)CC2.O=C(O)C(F)(F)F. The van der Waals surface area contributed by atoms with Crippen LogP contribution in [0, 0.1) is 5.92 Å². The van der Waals surface area contributed by atoms with E-state index in [-0.39, 0.29) is 11.9 Å². The molecule has 0 bridgehead atoms. The molecular formula is C21H26F3N3O4S. The molecule has 0 radical (unpaired) electrons. The van der Waals surface area contributed by atoms with Crippen molar-refractivity contribution in [3.8, 4) is 0 Å². The van der Waals surface area contributed by atoms with Gasteiger partial charge in [-0.05, 0) is 60.1 Å². The van der Waals surface area contributed by atoms with E-state index in [9.17, 15) is 18.0 Å². The third kappa shape index (κ3) is 6.32. The summed E-state index contributed by atoms with van der Waals surface area (Å²) in [6, 6.07) is 2.02. The summed E-state index contributed by atoms with van der Waals surface area (Å²) in [5, 5.41) is 15.7. The Bertz CT molecular complexity index is 897. The van der Waals surface area contributed by atoms with Crippen LogP contribution in [-0.4, -0.2) is 57.6 Å². The molecule has 11 heteroatoms. The fourth-order valence-electron chi connectivity index (χ4n) is 3.58. The highest BCUT2D eigenvalue weighted by atomic mass is 32.1.